The Kier molecular flexibility index (Phi) is 6.41. The first kappa shape index (κ1) is 17.0. The highest BCUT2D eigenvalue weighted by molar-refractivity contribution is 9.10. The number of anilines is 2. The largest absolute Gasteiger partial charge is 0.357 e. The van der Waals surface area contributed by atoms with E-state index in [1.54, 1.807) is 6.08 Å². The van der Waals surface area contributed by atoms with Crippen LogP contribution in [0.25, 0.3) is 0 Å². The van der Waals surface area contributed by atoms with Crippen molar-refractivity contribution in [1.29, 1.82) is 0 Å². The van der Waals surface area contributed by atoms with Crippen LogP contribution >= 0.6 is 39.0 Å². The van der Waals surface area contributed by atoms with Gasteiger partial charge in [-0.25, -0.2) is 0 Å². The highest BCUT2D eigenvalue weighted by Crippen LogP contribution is 2.29. The van der Waals surface area contributed by atoms with Crippen LogP contribution in [-0.4, -0.2) is 27.9 Å². The molecule has 0 saturated carbocycles. The minimum atomic E-state index is -0.265. The molecule has 0 saturated heterocycles. The second-order valence-electron chi connectivity index (χ2n) is 4.30. The maximum Gasteiger partial charge on any atom is 0.237 e. The molecule has 22 heavy (non-hydrogen) atoms. The summed E-state index contributed by atoms with van der Waals surface area (Å²) in [6, 6.07) is 7.49. The molecular formula is C14H15BrN4OS2. The molecule has 0 fully saturated rings. The number of nitrogens with one attached hydrogen (secondary N) is 2. The third kappa shape index (κ3) is 5.11. The number of carbonyl (C=O) groups excluding carboxylic acids is 1. The summed E-state index contributed by atoms with van der Waals surface area (Å²) in [5.41, 5.74) is 0.762. The van der Waals surface area contributed by atoms with Crippen LogP contribution in [0.5, 0.6) is 0 Å². The van der Waals surface area contributed by atoms with E-state index in [-0.39, 0.29) is 11.2 Å². The average Bonchev–Trinajstić information content (AvgIpc) is 2.92. The van der Waals surface area contributed by atoms with Crippen molar-refractivity contribution in [3.63, 3.8) is 0 Å². The monoisotopic (exact) mass is 398 g/mol. The van der Waals surface area contributed by atoms with Gasteiger partial charge in [0.25, 0.3) is 0 Å². The molecule has 0 bridgehead atoms. The zero-order chi connectivity index (χ0) is 15.9. The highest BCUT2D eigenvalue weighted by atomic mass is 79.9. The molecule has 2 aromatic rings. The van der Waals surface area contributed by atoms with Gasteiger partial charge in [-0.15, -0.1) is 16.8 Å². The molecule has 2 N–H and O–H groups in total. The smallest absolute Gasteiger partial charge is 0.237 e. The van der Waals surface area contributed by atoms with Crippen LogP contribution in [0.2, 0.25) is 0 Å². The summed E-state index contributed by atoms with van der Waals surface area (Å²) < 4.78 is 1.68. The lowest BCUT2D eigenvalue weighted by atomic mass is 10.3. The lowest BCUT2D eigenvalue weighted by Gasteiger charge is -2.10. The molecule has 0 aliphatic heterocycles. The van der Waals surface area contributed by atoms with E-state index >= 15 is 0 Å². The van der Waals surface area contributed by atoms with Crippen molar-refractivity contribution in [2.24, 2.45) is 0 Å². The maximum atomic E-state index is 12.2. The minimum Gasteiger partial charge on any atom is -0.357 e. The molecule has 1 aromatic heterocycles. The lowest BCUT2D eigenvalue weighted by Crippen LogP contribution is -2.22. The molecule has 5 nitrogen and oxygen atoms in total. The number of rotatable bonds is 7. The van der Waals surface area contributed by atoms with Crippen molar-refractivity contribution in [1.82, 2.24) is 10.2 Å². The first-order valence-corrected chi connectivity index (χ1v) is 8.98. The fraction of sp³-hybridized carbons (Fsp3) is 0.214. The zero-order valence-electron chi connectivity index (χ0n) is 11.9. The van der Waals surface area contributed by atoms with E-state index in [2.05, 4.69) is 43.3 Å². The quantitative estimate of drug-likeness (QED) is 0.544. The molecule has 1 heterocycles. The van der Waals surface area contributed by atoms with Crippen molar-refractivity contribution >= 4 is 55.8 Å². The van der Waals surface area contributed by atoms with Crippen molar-refractivity contribution in [2.45, 2.75) is 16.5 Å². The Hall–Kier alpha value is -1.38. The van der Waals surface area contributed by atoms with Crippen LogP contribution in [0.15, 0.2) is 45.7 Å². The van der Waals surface area contributed by atoms with E-state index in [1.165, 1.54) is 23.1 Å². The fourth-order valence-corrected chi connectivity index (χ4v) is 3.81. The summed E-state index contributed by atoms with van der Waals surface area (Å²) in [6.45, 7) is 6.11. The van der Waals surface area contributed by atoms with Crippen LogP contribution in [0, 0.1) is 0 Å². The highest BCUT2D eigenvalue weighted by Gasteiger charge is 2.17. The molecule has 1 amide bonds. The van der Waals surface area contributed by atoms with E-state index in [0.29, 0.717) is 6.54 Å². The Bertz CT molecular complexity index is 662. The minimum absolute atomic E-state index is 0.0705. The van der Waals surface area contributed by atoms with E-state index in [9.17, 15) is 4.79 Å². The Morgan fingerprint density at radius 2 is 2.36 bits per heavy atom. The van der Waals surface area contributed by atoms with Gasteiger partial charge in [-0.05, 0) is 25.1 Å². The Labute approximate surface area is 145 Å². The number of hydrogen-bond acceptors (Lipinski definition) is 6. The molecule has 1 aromatic carbocycles. The standard InChI is InChI=1S/C14H15BrN4OS2/c1-3-7-16-13-18-19-14(22-13)21-9(2)12(20)17-11-6-4-5-10(15)8-11/h3-6,8-9H,1,7H2,2H3,(H,16,18)(H,17,20)/t9-/m0/s1. The molecule has 0 aliphatic carbocycles. The summed E-state index contributed by atoms with van der Waals surface area (Å²) in [4.78, 5) is 12.2. The number of benzene rings is 1. The first-order valence-electron chi connectivity index (χ1n) is 6.50. The van der Waals surface area contributed by atoms with Crippen LogP contribution in [0.4, 0.5) is 10.8 Å². The third-order valence-corrected chi connectivity index (χ3v) is 5.10. The number of thioether (sulfide) groups is 1. The van der Waals surface area contributed by atoms with Crippen LogP contribution in [-0.2, 0) is 4.79 Å². The number of halogens is 1. The summed E-state index contributed by atoms with van der Waals surface area (Å²) >= 11 is 6.19. The maximum absolute atomic E-state index is 12.2. The van der Waals surface area contributed by atoms with Gasteiger partial charge in [-0.3, -0.25) is 4.79 Å². The van der Waals surface area contributed by atoms with Crippen LogP contribution in [0.1, 0.15) is 6.92 Å². The summed E-state index contributed by atoms with van der Waals surface area (Å²) in [5, 5.41) is 14.5. The molecule has 0 aliphatic rings. The van der Waals surface area contributed by atoms with Crippen molar-refractivity contribution < 1.29 is 4.79 Å². The van der Waals surface area contributed by atoms with E-state index < -0.39 is 0 Å². The molecular weight excluding hydrogens is 384 g/mol. The zero-order valence-corrected chi connectivity index (χ0v) is 15.1. The van der Waals surface area contributed by atoms with Gasteiger partial charge in [-0.2, -0.15) is 0 Å². The predicted molar refractivity (Wildman–Crippen MR) is 96.7 cm³/mol. The SMILES string of the molecule is C=CCNc1nnc(S[C@@H](C)C(=O)Nc2cccc(Br)c2)s1. The molecule has 2 rings (SSSR count). The van der Waals surface area contributed by atoms with Crippen molar-refractivity contribution in [3.8, 4) is 0 Å². The number of hydrogen-bond donors (Lipinski definition) is 2. The second-order valence-corrected chi connectivity index (χ2v) is 7.78. The normalized spacial score (nSPS) is 11.7. The van der Waals surface area contributed by atoms with E-state index in [1.807, 2.05) is 31.2 Å². The van der Waals surface area contributed by atoms with Gasteiger partial charge in [0, 0.05) is 16.7 Å². The fourth-order valence-electron chi connectivity index (χ4n) is 1.50. The second kappa shape index (κ2) is 8.30. The van der Waals surface area contributed by atoms with E-state index in [4.69, 9.17) is 0 Å². The van der Waals surface area contributed by atoms with Gasteiger partial charge in [0.1, 0.15) is 0 Å². The summed E-state index contributed by atoms with van der Waals surface area (Å²) in [6.07, 6.45) is 1.75. The molecule has 116 valence electrons. The average molecular weight is 399 g/mol. The topological polar surface area (TPSA) is 66.9 Å². The summed E-state index contributed by atoms with van der Waals surface area (Å²) in [7, 11) is 0. The predicted octanol–water partition coefficient (Wildman–Crippen LogP) is 4.02. The van der Waals surface area contributed by atoms with Gasteiger partial charge in [-0.1, -0.05) is 51.2 Å². The Morgan fingerprint density at radius 1 is 1.55 bits per heavy atom. The van der Waals surface area contributed by atoms with Gasteiger partial charge in [0.05, 0.1) is 5.25 Å². The van der Waals surface area contributed by atoms with Crippen molar-refractivity contribution in [2.75, 3.05) is 17.2 Å². The van der Waals surface area contributed by atoms with Gasteiger partial charge in [0.15, 0.2) is 4.34 Å². The molecule has 0 unspecified atom stereocenters. The molecule has 8 heteroatoms. The lowest BCUT2D eigenvalue weighted by molar-refractivity contribution is -0.115. The number of carbonyl (C=O) groups is 1. The van der Waals surface area contributed by atoms with Gasteiger partial charge >= 0.3 is 0 Å². The molecule has 1 atom stereocenters. The molecule has 0 radical (unpaired) electrons. The van der Waals surface area contributed by atoms with Gasteiger partial charge < -0.3 is 10.6 Å². The van der Waals surface area contributed by atoms with Crippen LogP contribution in [0.3, 0.4) is 0 Å². The van der Waals surface area contributed by atoms with E-state index in [0.717, 1.165) is 19.6 Å². The third-order valence-electron chi connectivity index (χ3n) is 2.54. The number of amides is 1. The van der Waals surface area contributed by atoms with Crippen molar-refractivity contribution in [3.05, 3.63) is 41.4 Å². The number of nitrogens with zero attached hydrogens (tertiary/aromatic N) is 2. The summed E-state index contributed by atoms with van der Waals surface area (Å²) in [5.74, 6) is -0.0705. The number of aromatic nitrogens is 2. The first-order chi connectivity index (χ1) is 10.6. The van der Waals surface area contributed by atoms with Crippen LogP contribution < -0.4 is 10.6 Å². The Balaban J connectivity index is 1.90. The van der Waals surface area contributed by atoms with Gasteiger partial charge in [0.2, 0.25) is 11.0 Å². The Morgan fingerprint density at radius 3 is 3.09 bits per heavy atom. The molecule has 0 spiro atoms.